The molecule has 0 saturated carbocycles. The molecule has 0 bridgehead atoms. The minimum absolute atomic E-state index is 0.155. The van der Waals surface area contributed by atoms with Gasteiger partial charge in [0.05, 0.1) is 0 Å². The van der Waals surface area contributed by atoms with Crippen LogP contribution in [0.5, 0.6) is 0 Å². The lowest BCUT2D eigenvalue weighted by Crippen LogP contribution is -2.49. The van der Waals surface area contributed by atoms with Gasteiger partial charge in [0.1, 0.15) is 6.67 Å². The van der Waals surface area contributed by atoms with Gasteiger partial charge in [-0.25, -0.2) is 4.39 Å². The summed E-state index contributed by atoms with van der Waals surface area (Å²) in [6.07, 6.45) is 4.33. The zero-order valence-corrected chi connectivity index (χ0v) is 6.62. The Morgan fingerprint density at radius 1 is 1.50 bits per heavy atom. The third kappa shape index (κ3) is 1.48. The molecule has 0 spiro atoms. The average molecular weight is 145 g/mol. The highest BCUT2D eigenvalue weighted by Crippen LogP contribution is 2.22. The Balaban J connectivity index is 2.44. The number of piperidine rings is 1. The number of alkyl halides is 1. The fraction of sp³-hybridized carbons (Fsp3) is 1.00. The molecule has 0 aromatic rings. The summed E-state index contributed by atoms with van der Waals surface area (Å²) in [5, 5.41) is 3.26. The monoisotopic (exact) mass is 145 g/mol. The highest BCUT2D eigenvalue weighted by Gasteiger charge is 2.29. The van der Waals surface area contributed by atoms with E-state index >= 15 is 0 Å². The number of nitrogens with one attached hydrogen (secondary N) is 1. The molecule has 1 aliphatic rings. The van der Waals surface area contributed by atoms with Crippen LogP contribution in [0.2, 0.25) is 0 Å². The molecule has 1 fully saturated rings. The van der Waals surface area contributed by atoms with Crippen LogP contribution in [0.1, 0.15) is 32.6 Å². The Bertz CT molecular complexity index is 91.4. The van der Waals surface area contributed by atoms with Gasteiger partial charge in [-0.1, -0.05) is 13.3 Å². The second-order valence-electron chi connectivity index (χ2n) is 3.15. The van der Waals surface area contributed by atoms with Crippen LogP contribution >= 0.6 is 0 Å². The first-order chi connectivity index (χ1) is 4.83. The summed E-state index contributed by atoms with van der Waals surface area (Å²) in [7, 11) is 0. The van der Waals surface area contributed by atoms with Crippen molar-refractivity contribution in [2.45, 2.75) is 38.1 Å². The first kappa shape index (κ1) is 7.99. The van der Waals surface area contributed by atoms with Gasteiger partial charge in [0.2, 0.25) is 0 Å². The van der Waals surface area contributed by atoms with Crippen molar-refractivity contribution in [3.05, 3.63) is 0 Å². The van der Waals surface area contributed by atoms with Crippen molar-refractivity contribution in [3.8, 4) is 0 Å². The lowest BCUT2D eigenvalue weighted by atomic mass is 9.88. The highest BCUT2D eigenvalue weighted by atomic mass is 19.1. The minimum atomic E-state index is -0.205. The van der Waals surface area contributed by atoms with Gasteiger partial charge in [-0.3, -0.25) is 0 Å². The maximum absolute atomic E-state index is 12.5. The van der Waals surface area contributed by atoms with E-state index in [1.54, 1.807) is 0 Å². The highest BCUT2D eigenvalue weighted by molar-refractivity contribution is 4.88. The molecule has 1 aliphatic heterocycles. The van der Waals surface area contributed by atoms with Crippen molar-refractivity contribution in [2.75, 3.05) is 13.2 Å². The zero-order chi connectivity index (χ0) is 7.45. The Morgan fingerprint density at radius 2 is 2.30 bits per heavy atom. The predicted octanol–water partition coefficient (Wildman–Crippen LogP) is 1.88. The number of rotatable bonds is 2. The molecule has 2 heteroatoms. The lowest BCUT2D eigenvalue weighted by Gasteiger charge is -2.35. The normalized spacial score (nSPS) is 34.2. The van der Waals surface area contributed by atoms with Crippen LogP contribution in [0.3, 0.4) is 0 Å². The SMILES string of the molecule is CCC1(CF)CCCCN1. The summed E-state index contributed by atoms with van der Waals surface area (Å²) in [4.78, 5) is 0. The van der Waals surface area contributed by atoms with E-state index in [9.17, 15) is 4.39 Å². The molecule has 1 heterocycles. The van der Waals surface area contributed by atoms with Gasteiger partial charge >= 0.3 is 0 Å². The summed E-state index contributed by atoms with van der Waals surface area (Å²) in [6.45, 7) is 2.85. The minimum Gasteiger partial charge on any atom is -0.309 e. The summed E-state index contributed by atoms with van der Waals surface area (Å²) in [6, 6.07) is 0. The molecule has 1 rings (SSSR count). The van der Waals surface area contributed by atoms with E-state index in [4.69, 9.17) is 0 Å². The van der Waals surface area contributed by atoms with Crippen LogP contribution in [0.25, 0.3) is 0 Å². The lowest BCUT2D eigenvalue weighted by molar-refractivity contribution is 0.190. The quantitative estimate of drug-likeness (QED) is 0.625. The summed E-state index contributed by atoms with van der Waals surface area (Å²) in [5.74, 6) is 0. The molecule has 1 saturated heterocycles. The van der Waals surface area contributed by atoms with E-state index in [1.807, 2.05) is 0 Å². The van der Waals surface area contributed by atoms with Crippen LogP contribution in [0.15, 0.2) is 0 Å². The first-order valence-electron chi connectivity index (χ1n) is 4.14. The molecule has 1 N–H and O–H groups in total. The van der Waals surface area contributed by atoms with Gasteiger partial charge in [0, 0.05) is 5.54 Å². The van der Waals surface area contributed by atoms with E-state index in [0.717, 1.165) is 19.4 Å². The van der Waals surface area contributed by atoms with Crippen molar-refractivity contribution in [1.29, 1.82) is 0 Å². The predicted molar refractivity (Wildman–Crippen MR) is 40.9 cm³/mol. The molecule has 1 atom stereocenters. The Labute approximate surface area is 62.0 Å². The van der Waals surface area contributed by atoms with Crippen molar-refractivity contribution >= 4 is 0 Å². The molecule has 1 unspecified atom stereocenters. The van der Waals surface area contributed by atoms with Crippen LogP contribution in [-0.2, 0) is 0 Å². The van der Waals surface area contributed by atoms with Gasteiger partial charge in [-0.15, -0.1) is 0 Å². The Hall–Kier alpha value is -0.110. The topological polar surface area (TPSA) is 12.0 Å². The second-order valence-corrected chi connectivity index (χ2v) is 3.15. The molecular formula is C8H16FN. The summed E-state index contributed by atoms with van der Waals surface area (Å²) in [5.41, 5.74) is -0.155. The number of halogens is 1. The van der Waals surface area contributed by atoms with Gasteiger partial charge in [0.25, 0.3) is 0 Å². The van der Waals surface area contributed by atoms with E-state index in [0.29, 0.717) is 0 Å². The van der Waals surface area contributed by atoms with Crippen molar-refractivity contribution < 1.29 is 4.39 Å². The summed E-state index contributed by atoms with van der Waals surface area (Å²) < 4.78 is 12.5. The van der Waals surface area contributed by atoms with Crippen LogP contribution in [0.4, 0.5) is 4.39 Å². The van der Waals surface area contributed by atoms with Gasteiger partial charge in [-0.05, 0) is 25.8 Å². The standard InChI is InChI=1S/C8H16FN/c1-2-8(7-9)5-3-4-6-10-8/h10H,2-7H2,1H3. The largest absolute Gasteiger partial charge is 0.309 e. The molecule has 0 aromatic heterocycles. The number of hydrogen-bond donors (Lipinski definition) is 1. The van der Waals surface area contributed by atoms with Gasteiger partial charge in [-0.2, -0.15) is 0 Å². The third-order valence-electron chi connectivity index (χ3n) is 2.51. The van der Waals surface area contributed by atoms with Crippen molar-refractivity contribution in [1.82, 2.24) is 5.32 Å². The van der Waals surface area contributed by atoms with E-state index in [1.165, 1.54) is 12.8 Å². The van der Waals surface area contributed by atoms with E-state index in [2.05, 4.69) is 12.2 Å². The third-order valence-corrected chi connectivity index (χ3v) is 2.51. The summed E-state index contributed by atoms with van der Waals surface area (Å²) >= 11 is 0. The maximum Gasteiger partial charge on any atom is 0.108 e. The van der Waals surface area contributed by atoms with Gasteiger partial charge < -0.3 is 5.32 Å². The van der Waals surface area contributed by atoms with Gasteiger partial charge in [0.15, 0.2) is 0 Å². The van der Waals surface area contributed by atoms with Crippen LogP contribution in [0, 0.1) is 0 Å². The molecule has 0 aliphatic carbocycles. The molecule has 60 valence electrons. The first-order valence-corrected chi connectivity index (χ1v) is 4.14. The smallest absolute Gasteiger partial charge is 0.108 e. The van der Waals surface area contributed by atoms with Crippen molar-refractivity contribution in [2.24, 2.45) is 0 Å². The van der Waals surface area contributed by atoms with Crippen LogP contribution in [-0.4, -0.2) is 18.8 Å². The fourth-order valence-electron chi connectivity index (χ4n) is 1.54. The van der Waals surface area contributed by atoms with Crippen molar-refractivity contribution in [3.63, 3.8) is 0 Å². The zero-order valence-electron chi connectivity index (χ0n) is 6.62. The van der Waals surface area contributed by atoms with Crippen LogP contribution < -0.4 is 5.32 Å². The second kappa shape index (κ2) is 3.33. The molecular weight excluding hydrogens is 129 g/mol. The Morgan fingerprint density at radius 3 is 2.60 bits per heavy atom. The Kier molecular flexibility index (Phi) is 2.66. The molecule has 0 radical (unpaired) electrons. The van der Waals surface area contributed by atoms with E-state index in [-0.39, 0.29) is 12.2 Å². The molecule has 0 amide bonds. The molecule has 1 nitrogen and oxygen atoms in total. The average Bonchev–Trinajstić information content (AvgIpc) is 2.06. The molecule has 10 heavy (non-hydrogen) atoms. The van der Waals surface area contributed by atoms with E-state index < -0.39 is 0 Å². The number of hydrogen-bond acceptors (Lipinski definition) is 1. The molecule has 0 aromatic carbocycles. The fourth-order valence-corrected chi connectivity index (χ4v) is 1.54. The maximum atomic E-state index is 12.5.